The third-order valence-electron chi connectivity index (χ3n) is 5.83. The molecule has 2 aromatic carbocycles. The normalized spacial score (nSPS) is 14.9. The lowest BCUT2D eigenvalue weighted by atomic mass is 10.1. The molecule has 1 fully saturated rings. The van der Waals surface area contributed by atoms with Crippen molar-refractivity contribution in [3.63, 3.8) is 0 Å². The number of hydrogen-bond acceptors (Lipinski definition) is 5. The fourth-order valence-electron chi connectivity index (χ4n) is 4.05. The van der Waals surface area contributed by atoms with Crippen molar-refractivity contribution in [1.82, 2.24) is 19.4 Å². The van der Waals surface area contributed by atoms with E-state index in [1.54, 1.807) is 42.1 Å². The van der Waals surface area contributed by atoms with Crippen LogP contribution in [0.5, 0.6) is 0 Å². The summed E-state index contributed by atoms with van der Waals surface area (Å²) < 4.78 is 29.7. The van der Waals surface area contributed by atoms with Gasteiger partial charge in [0.05, 0.1) is 10.6 Å². The Bertz CT molecular complexity index is 1380. The van der Waals surface area contributed by atoms with Crippen LogP contribution >= 0.6 is 0 Å². The molecule has 0 bridgehead atoms. The van der Waals surface area contributed by atoms with Gasteiger partial charge in [-0.15, -0.1) is 0 Å². The molecule has 9 heteroatoms. The quantitative estimate of drug-likeness (QED) is 0.402. The van der Waals surface area contributed by atoms with Gasteiger partial charge >= 0.3 is 0 Å². The van der Waals surface area contributed by atoms with Crippen LogP contribution in [0.4, 0.5) is 0 Å². The summed E-state index contributed by atoms with van der Waals surface area (Å²) >= 11 is 0. The SMILES string of the molecule is CCNC(=O)C(C#N)=Cc1cn(-c2ccccc2)nc1-c1cccc(S(=O)(=O)N2CCCCC2)c1. The van der Waals surface area contributed by atoms with Crippen LogP contribution in [0.15, 0.2) is 71.3 Å². The molecule has 180 valence electrons. The molecule has 0 radical (unpaired) electrons. The number of sulfonamides is 1. The van der Waals surface area contributed by atoms with Gasteiger partial charge in [0.2, 0.25) is 10.0 Å². The maximum Gasteiger partial charge on any atom is 0.261 e. The molecule has 3 aromatic rings. The number of benzene rings is 2. The number of carbonyl (C=O) groups is 1. The third kappa shape index (κ3) is 5.34. The fourth-order valence-corrected chi connectivity index (χ4v) is 5.61. The van der Waals surface area contributed by atoms with Gasteiger partial charge in [0, 0.05) is 37.0 Å². The van der Waals surface area contributed by atoms with Crippen LogP contribution in [0, 0.1) is 11.3 Å². The first-order valence-electron chi connectivity index (χ1n) is 11.6. The predicted molar refractivity (Wildman–Crippen MR) is 134 cm³/mol. The number of likely N-dealkylation sites (N-methyl/N-ethyl adjacent to an activating group) is 1. The highest BCUT2D eigenvalue weighted by molar-refractivity contribution is 7.89. The minimum atomic E-state index is -3.63. The third-order valence-corrected chi connectivity index (χ3v) is 7.72. The number of para-hydroxylation sites is 1. The Labute approximate surface area is 205 Å². The van der Waals surface area contributed by atoms with E-state index < -0.39 is 15.9 Å². The van der Waals surface area contributed by atoms with E-state index in [-0.39, 0.29) is 10.5 Å². The molecule has 0 saturated carbocycles. The standard InChI is InChI=1S/C26H27N5O3S/c1-2-28-26(32)21(18-27)16-22-19-31(23-11-5-3-6-12-23)29-25(22)20-10-9-13-24(17-20)35(33,34)30-14-7-4-8-15-30/h3,5-6,9-13,16-17,19H,2,4,7-8,14-15H2,1H3,(H,28,32). The van der Waals surface area contributed by atoms with E-state index in [4.69, 9.17) is 5.10 Å². The zero-order chi connectivity index (χ0) is 24.8. The van der Waals surface area contributed by atoms with Gasteiger partial charge in [0.15, 0.2) is 0 Å². The van der Waals surface area contributed by atoms with Crippen molar-refractivity contribution in [2.24, 2.45) is 0 Å². The molecular weight excluding hydrogens is 462 g/mol. The zero-order valence-electron chi connectivity index (χ0n) is 19.5. The Kier molecular flexibility index (Phi) is 7.44. The summed E-state index contributed by atoms with van der Waals surface area (Å²) in [4.78, 5) is 12.5. The van der Waals surface area contributed by atoms with Crippen molar-refractivity contribution >= 4 is 22.0 Å². The molecule has 0 spiro atoms. The second-order valence-corrected chi connectivity index (χ2v) is 10.2. The van der Waals surface area contributed by atoms with Gasteiger partial charge in [-0.3, -0.25) is 4.79 Å². The molecule has 2 heterocycles. The minimum absolute atomic E-state index is 0.0576. The number of aromatic nitrogens is 2. The molecule has 35 heavy (non-hydrogen) atoms. The van der Waals surface area contributed by atoms with Crippen LogP contribution < -0.4 is 5.32 Å². The highest BCUT2D eigenvalue weighted by Gasteiger charge is 2.26. The van der Waals surface area contributed by atoms with Crippen LogP contribution in [0.1, 0.15) is 31.7 Å². The molecule has 0 unspecified atom stereocenters. The first-order valence-corrected chi connectivity index (χ1v) is 13.0. The Hall–Kier alpha value is -3.74. The molecule has 1 aliphatic rings. The monoisotopic (exact) mass is 489 g/mol. The number of rotatable bonds is 7. The first kappa shape index (κ1) is 24.4. The largest absolute Gasteiger partial charge is 0.352 e. The van der Waals surface area contributed by atoms with Crippen molar-refractivity contribution in [3.05, 3.63) is 71.9 Å². The maximum atomic E-state index is 13.3. The molecule has 1 amide bonds. The van der Waals surface area contributed by atoms with E-state index in [1.165, 1.54) is 10.4 Å². The van der Waals surface area contributed by atoms with Gasteiger partial charge in [-0.25, -0.2) is 13.1 Å². The van der Waals surface area contributed by atoms with Gasteiger partial charge in [-0.05, 0) is 50.1 Å². The number of amides is 1. The summed E-state index contributed by atoms with van der Waals surface area (Å²) in [5, 5.41) is 16.9. The van der Waals surface area contributed by atoms with Crippen LogP contribution in [0.3, 0.4) is 0 Å². The van der Waals surface area contributed by atoms with Crippen molar-refractivity contribution in [2.75, 3.05) is 19.6 Å². The van der Waals surface area contributed by atoms with Gasteiger partial charge in [0.1, 0.15) is 17.3 Å². The van der Waals surface area contributed by atoms with Crippen LogP contribution in [0.2, 0.25) is 0 Å². The molecule has 8 nitrogen and oxygen atoms in total. The lowest BCUT2D eigenvalue weighted by molar-refractivity contribution is -0.116. The van der Waals surface area contributed by atoms with E-state index in [9.17, 15) is 18.5 Å². The van der Waals surface area contributed by atoms with Crippen molar-refractivity contribution in [2.45, 2.75) is 31.1 Å². The van der Waals surface area contributed by atoms with E-state index >= 15 is 0 Å². The van der Waals surface area contributed by atoms with E-state index in [1.807, 2.05) is 36.4 Å². The van der Waals surface area contributed by atoms with E-state index in [2.05, 4.69) is 5.32 Å². The summed E-state index contributed by atoms with van der Waals surface area (Å²) in [6, 6.07) is 18.1. The van der Waals surface area contributed by atoms with E-state index in [0.717, 1.165) is 24.9 Å². The lowest BCUT2D eigenvalue weighted by Gasteiger charge is -2.26. The van der Waals surface area contributed by atoms with E-state index in [0.29, 0.717) is 36.5 Å². The molecule has 0 aliphatic carbocycles. The number of hydrogen-bond donors (Lipinski definition) is 1. The van der Waals surface area contributed by atoms with Gasteiger partial charge in [-0.1, -0.05) is 36.8 Å². The number of piperidine rings is 1. The van der Waals surface area contributed by atoms with Crippen molar-refractivity contribution < 1.29 is 13.2 Å². The molecule has 1 saturated heterocycles. The summed E-state index contributed by atoms with van der Waals surface area (Å²) in [5.41, 5.74) is 2.32. The average Bonchev–Trinajstić information content (AvgIpc) is 3.32. The Morgan fingerprint density at radius 1 is 1.11 bits per heavy atom. The van der Waals surface area contributed by atoms with Gasteiger partial charge in [-0.2, -0.15) is 14.7 Å². The molecule has 1 aromatic heterocycles. The molecule has 1 aliphatic heterocycles. The Morgan fingerprint density at radius 3 is 2.54 bits per heavy atom. The summed E-state index contributed by atoms with van der Waals surface area (Å²) in [6.45, 7) is 3.20. The van der Waals surface area contributed by atoms with Crippen LogP contribution in [0.25, 0.3) is 23.0 Å². The molecule has 4 rings (SSSR count). The highest BCUT2D eigenvalue weighted by atomic mass is 32.2. The predicted octanol–water partition coefficient (Wildman–Crippen LogP) is 3.76. The van der Waals surface area contributed by atoms with Crippen LogP contribution in [-0.2, 0) is 14.8 Å². The number of nitrogens with zero attached hydrogens (tertiary/aromatic N) is 4. The summed E-state index contributed by atoms with van der Waals surface area (Å²) in [5.74, 6) is -0.477. The Balaban J connectivity index is 1.82. The number of nitrogens with one attached hydrogen (secondary N) is 1. The minimum Gasteiger partial charge on any atom is -0.352 e. The van der Waals surface area contributed by atoms with Gasteiger partial charge in [0.25, 0.3) is 5.91 Å². The summed E-state index contributed by atoms with van der Waals surface area (Å²) in [6.07, 6.45) is 5.95. The van der Waals surface area contributed by atoms with Crippen molar-refractivity contribution in [1.29, 1.82) is 5.26 Å². The van der Waals surface area contributed by atoms with Crippen molar-refractivity contribution in [3.8, 4) is 23.0 Å². The highest BCUT2D eigenvalue weighted by Crippen LogP contribution is 2.29. The fraction of sp³-hybridized carbons (Fsp3) is 0.269. The average molecular weight is 490 g/mol. The number of nitriles is 1. The second kappa shape index (κ2) is 10.7. The van der Waals surface area contributed by atoms with Crippen LogP contribution in [-0.4, -0.2) is 48.0 Å². The topological polar surface area (TPSA) is 108 Å². The second-order valence-electron chi connectivity index (χ2n) is 8.24. The lowest BCUT2D eigenvalue weighted by Crippen LogP contribution is -2.35. The molecule has 0 atom stereocenters. The molecule has 1 N–H and O–H groups in total. The number of carbonyl (C=O) groups excluding carboxylic acids is 1. The zero-order valence-corrected chi connectivity index (χ0v) is 20.3. The van der Waals surface area contributed by atoms with Gasteiger partial charge < -0.3 is 5.32 Å². The smallest absolute Gasteiger partial charge is 0.261 e. The maximum absolute atomic E-state index is 13.3. The first-order chi connectivity index (χ1) is 16.9. The molecular formula is C26H27N5O3S. The Morgan fingerprint density at radius 2 is 1.86 bits per heavy atom. The summed E-state index contributed by atoms with van der Waals surface area (Å²) in [7, 11) is -3.63.